The number of aromatic nitrogens is 1. The molecule has 1 heterocycles. The van der Waals surface area contributed by atoms with Gasteiger partial charge in [0, 0.05) is 17.1 Å². The molecule has 0 unspecified atom stereocenters. The summed E-state index contributed by atoms with van der Waals surface area (Å²) in [7, 11) is 2.91. The second-order valence-corrected chi connectivity index (χ2v) is 5.49. The third-order valence-electron chi connectivity index (χ3n) is 3.93. The molecule has 1 amide bonds. The molecule has 0 aliphatic heterocycles. The van der Waals surface area contributed by atoms with Crippen molar-refractivity contribution in [2.24, 2.45) is 0 Å². The van der Waals surface area contributed by atoms with Crippen molar-refractivity contribution in [3.63, 3.8) is 0 Å². The van der Waals surface area contributed by atoms with Crippen LogP contribution in [0, 0.1) is 0 Å². The normalized spacial score (nSPS) is 10.5. The molecular weight excluding hydrogens is 320 g/mol. The Morgan fingerprint density at radius 2 is 1.92 bits per heavy atom. The van der Waals surface area contributed by atoms with Crippen LogP contribution < -0.4 is 10.1 Å². The Morgan fingerprint density at radius 1 is 1.12 bits per heavy atom. The molecule has 0 saturated carbocycles. The summed E-state index contributed by atoms with van der Waals surface area (Å²) in [5.74, 6) is 0.0117. The maximum absolute atomic E-state index is 12.4. The molecule has 1 aromatic heterocycles. The first-order valence-electron chi connectivity index (χ1n) is 7.73. The van der Waals surface area contributed by atoms with Crippen LogP contribution in [0.5, 0.6) is 5.75 Å². The minimum Gasteiger partial charge on any atom is -0.497 e. The molecule has 0 fully saturated rings. The van der Waals surface area contributed by atoms with E-state index in [-0.39, 0.29) is 12.3 Å². The van der Waals surface area contributed by atoms with Crippen LogP contribution in [0.3, 0.4) is 0 Å². The first-order chi connectivity index (χ1) is 12.1. The molecule has 0 spiro atoms. The van der Waals surface area contributed by atoms with Gasteiger partial charge in [-0.15, -0.1) is 0 Å². The predicted octanol–water partition coefficient (Wildman–Crippen LogP) is 3.14. The van der Waals surface area contributed by atoms with E-state index in [2.05, 4.69) is 10.3 Å². The largest absolute Gasteiger partial charge is 0.497 e. The standard InChI is InChI=1S/C19H18N2O4/c1-24-13-7-8-16-15(10-13)12(11-20-16)9-18(22)21-17-6-4-3-5-14(17)19(23)25-2/h3-8,10-11,20H,9H2,1-2H3,(H,21,22). The van der Waals surface area contributed by atoms with Crippen molar-refractivity contribution in [3.05, 3.63) is 59.8 Å². The molecule has 0 radical (unpaired) electrons. The number of H-pyrrole nitrogens is 1. The number of carbonyl (C=O) groups is 2. The van der Waals surface area contributed by atoms with Gasteiger partial charge < -0.3 is 19.8 Å². The number of hydrogen-bond acceptors (Lipinski definition) is 4. The summed E-state index contributed by atoms with van der Waals surface area (Å²) in [5.41, 5.74) is 2.52. The van der Waals surface area contributed by atoms with Gasteiger partial charge in [0.25, 0.3) is 0 Å². The molecule has 0 atom stereocenters. The number of benzene rings is 2. The molecule has 2 aromatic carbocycles. The molecular formula is C19H18N2O4. The second kappa shape index (κ2) is 7.09. The number of amides is 1. The number of fused-ring (bicyclic) bond motifs is 1. The zero-order valence-corrected chi connectivity index (χ0v) is 14.0. The van der Waals surface area contributed by atoms with Crippen LogP contribution in [0.25, 0.3) is 10.9 Å². The lowest BCUT2D eigenvalue weighted by atomic mass is 10.1. The first-order valence-corrected chi connectivity index (χ1v) is 7.73. The SMILES string of the molecule is COC(=O)c1ccccc1NC(=O)Cc1c[nH]c2ccc(OC)cc12. The predicted molar refractivity (Wildman–Crippen MR) is 95.0 cm³/mol. The summed E-state index contributed by atoms with van der Waals surface area (Å²) in [6, 6.07) is 12.4. The van der Waals surface area contributed by atoms with Crippen LogP contribution in [0.1, 0.15) is 15.9 Å². The number of carbonyl (C=O) groups excluding carboxylic acids is 2. The van der Waals surface area contributed by atoms with Gasteiger partial charge in [-0.25, -0.2) is 4.79 Å². The van der Waals surface area contributed by atoms with E-state index in [1.807, 2.05) is 18.2 Å². The van der Waals surface area contributed by atoms with Gasteiger partial charge in [0.05, 0.1) is 31.9 Å². The number of methoxy groups -OCH3 is 2. The minimum absolute atomic E-state index is 0.169. The highest BCUT2D eigenvalue weighted by Crippen LogP contribution is 2.24. The zero-order chi connectivity index (χ0) is 17.8. The van der Waals surface area contributed by atoms with Crippen molar-refractivity contribution in [1.29, 1.82) is 0 Å². The molecule has 128 valence electrons. The number of aromatic amines is 1. The number of nitrogens with one attached hydrogen (secondary N) is 2. The highest BCUT2D eigenvalue weighted by atomic mass is 16.5. The van der Waals surface area contributed by atoms with Crippen molar-refractivity contribution in [3.8, 4) is 5.75 Å². The number of para-hydroxylation sites is 1. The molecule has 3 rings (SSSR count). The lowest BCUT2D eigenvalue weighted by Crippen LogP contribution is -2.17. The topological polar surface area (TPSA) is 80.4 Å². The van der Waals surface area contributed by atoms with Crippen molar-refractivity contribution < 1.29 is 19.1 Å². The highest BCUT2D eigenvalue weighted by Gasteiger charge is 2.15. The van der Waals surface area contributed by atoms with Gasteiger partial charge in [0.1, 0.15) is 5.75 Å². The van der Waals surface area contributed by atoms with Gasteiger partial charge in [-0.2, -0.15) is 0 Å². The van der Waals surface area contributed by atoms with E-state index in [1.165, 1.54) is 7.11 Å². The second-order valence-electron chi connectivity index (χ2n) is 5.49. The summed E-state index contributed by atoms with van der Waals surface area (Å²) < 4.78 is 9.97. The fraction of sp³-hybridized carbons (Fsp3) is 0.158. The molecule has 3 aromatic rings. The van der Waals surface area contributed by atoms with Crippen LogP contribution in [0.2, 0.25) is 0 Å². The fourth-order valence-corrected chi connectivity index (χ4v) is 2.68. The van der Waals surface area contributed by atoms with E-state index in [1.54, 1.807) is 37.6 Å². The molecule has 25 heavy (non-hydrogen) atoms. The Morgan fingerprint density at radius 3 is 2.68 bits per heavy atom. The summed E-state index contributed by atoms with van der Waals surface area (Å²) >= 11 is 0. The highest BCUT2D eigenvalue weighted by molar-refractivity contribution is 6.02. The average molecular weight is 338 g/mol. The Balaban J connectivity index is 1.81. The van der Waals surface area contributed by atoms with Gasteiger partial charge in [-0.3, -0.25) is 4.79 Å². The lowest BCUT2D eigenvalue weighted by Gasteiger charge is -2.09. The van der Waals surface area contributed by atoms with Crippen LogP contribution in [0.15, 0.2) is 48.7 Å². The maximum Gasteiger partial charge on any atom is 0.339 e. The first kappa shape index (κ1) is 16.6. The Bertz CT molecular complexity index is 930. The molecule has 0 aliphatic rings. The number of ether oxygens (including phenoxy) is 2. The molecule has 6 nitrogen and oxygen atoms in total. The number of anilines is 1. The van der Waals surface area contributed by atoms with Crippen molar-refractivity contribution in [2.45, 2.75) is 6.42 Å². The molecule has 0 aliphatic carbocycles. The van der Waals surface area contributed by atoms with Crippen LogP contribution in [-0.4, -0.2) is 31.1 Å². The Labute approximate surface area is 144 Å². The van der Waals surface area contributed by atoms with E-state index in [0.717, 1.165) is 22.2 Å². The lowest BCUT2D eigenvalue weighted by molar-refractivity contribution is -0.115. The maximum atomic E-state index is 12.4. The molecule has 6 heteroatoms. The third-order valence-corrected chi connectivity index (χ3v) is 3.93. The fourth-order valence-electron chi connectivity index (χ4n) is 2.68. The van der Waals surface area contributed by atoms with Gasteiger partial charge in [0.15, 0.2) is 0 Å². The Kier molecular flexibility index (Phi) is 4.70. The average Bonchev–Trinajstić information content (AvgIpc) is 3.03. The van der Waals surface area contributed by atoms with Gasteiger partial charge >= 0.3 is 5.97 Å². The minimum atomic E-state index is -0.493. The molecule has 0 bridgehead atoms. The van der Waals surface area contributed by atoms with Gasteiger partial charge in [-0.05, 0) is 35.9 Å². The zero-order valence-electron chi connectivity index (χ0n) is 14.0. The summed E-state index contributed by atoms with van der Waals surface area (Å²) in [6.07, 6.45) is 1.97. The van der Waals surface area contributed by atoms with E-state index < -0.39 is 5.97 Å². The number of hydrogen-bond donors (Lipinski definition) is 2. The van der Waals surface area contributed by atoms with E-state index in [9.17, 15) is 9.59 Å². The van der Waals surface area contributed by atoms with Crippen molar-refractivity contribution in [1.82, 2.24) is 4.98 Å². The monoisotopic (exact) mass is 338 g/mol. The number of esters is 1. The molecule has 2 N–H and O–H groups in total. The van der Waals surface area contributed by atoms with Crippen molar-refractivity contribution >= 4 is 28.5 Å². The van der Waals surface area contributed by atoms with E-state index >= 15 is 0 Å². The van der Waals surface area contributed by atoms with Crippen LogP contribution in [-0.2, 0) is 16.0 Å². The van der Waals surface area contributed by atoms with Gasteiger partial charge in [-0.1, -0.05) is 12.1 Å². The smallest absolute Gasteiger partial charge is 0.339 e. The van der Waals surface area contributed by atoms with Crippen molar-refractivity contribution in [2.75, 3.05) is 19.5 Å². The molecule has 0 saturated heterocycles. The van der Waals surface area contributed by atoms with Crippen LogP contribution >= 0.6 is 0 Å². The third kappa shape index (κ3) is 3.47. The Hall–Kier alpha value is -3.28. The summed E-state index contributed by atoms with van der Waals surface area (Å²) in [5, 5.41) is 3.70. The van der Waals surface area contributed by atoms with E-state index in [0.29, 0.717) is 11.3 Å². The number of rotatable bonds is 5. The quantitative estimate of drug-likeness (QED) is 0.700. The van der Waals surface area contributed by atoms with E-state index in [4.69, 9.17) is 9.47 Å². The summed E-state index contributed by atoms with van der Waals surface area (Å²) in [6.45, 7) is 0. The van der Waals surface area contributed by atoms with Crippen LogP contribution in [0.4, 0.5) is 5.69 Å². The van der Waals surface area contributed by atoms with Gasteiger partial charge in [0.2, 0.25) is 5.91 Å². The summed E-state index contributed by atoms with van der Waals surface area (Å²) in [4.78, 5) is 27.4.